The molecule has 1 atom stereocenters. The molecule has 0 aromatic heterocycles. The summed E-state index contributed by atoms with van der Waals surface area (Å²) in [6.45, 7) is 2.21. The number of methoxy groups -OCH3 is 1. The largest absolute Gasteiger partial charge is 0.496 e. The number of para-hydroxylation sites is 1. The predicted molar refractivity (Wildman–Crippen MR) is 108 cm³/mol. The fourth-order valence-electron chi connectivity index (χ4n) is 2.94. The first kappa shape index (κ1) is 21.4. The normalized spacial score (nSPS) is 11.8. The molecule has 6 nitrogen and oxygen atoms in total. The Kier molecular flexibility index (Phi) is 8.02. The summed E-state index contributed by atoms with van der Waals surface area (Å²) >= 11 is 0. The molecule has 2 rings (SSSR count). The summed E-state index contributed by atoms with van der Waals surface area (Å²) in [7, 11) is 5.73. The summed E-state index contributed by atoms with van der Waals surface area (Å²) in [6.07, 6.45) is 0.462. The number of hydrogen-bond acceptors (Lipinski definition) is 4. The van der Waals surface area contributed by atoms with E-state index < -0.39 is 0 Å². The lowest BCUT2D eigenvalue weighted by molar-refractivity contribution is -0.890. The van der Waals surface area contributed by atoms with Gasteiger partial charge in [0.15, 0.2) is 12.4 Å². The molecule has 0 aliphatic carbocycles. The van der Waals surface area contributed by atoms with Crippen molar-refractivity contribution in [1.29, 1.82) is 0 Å². The van der Waals surface area contributed by atoms with Crippen LogP contribution in [0.4, 0.5) is 0 Å². The number of amides is 1. The van der Waals surface area contributed by atoms with Crippen LogP contribution < -0.4 is 19.7 Å². The minimum absolute atomic E-state index is 0.0550. The minimum Gasteiger partial charge on any atom is -0.496 e. The number of ether oxygens (including phenoxy) is 2. The molecule has 0 aliphatic heterocycles. The van der Waals surface area contributed by atoms with Crippen molar-refractivity contribution >= 4 is 11.7 Å². The third kappa shape index (κ3) is 5.82. The van der Waals surface area contributed by atoms with Gasteiger partial charge >= 0.3 is 0 Å². The molecule has 0 aliphatic rings. The van der Waals surface area contributed by atoms with Crippen LogP contribution in [0.1, 0.15) is 35.3 Å². The van der Waals surface area contributed by atoms with Crippen molar-refractivity contribution in [3.8, 4) is 11.5 Å². The summed E-state index contributed by atoms with van der Waals surface area (Å²) in [5.74, 6) is 1.25. The van der Waals surface area contributed by atoms with Gasteiger partial charge < -0.3 is 19.7 Å². The van der Waals surface area contributed by atoms with Crippen molar-refractivity contribution < 1.29 is 24.0 Å². The van der Waals surface area contributed by atoms with Crippen LogP contribution in [0.25, 0.3) is 0 Å². The van der Waals surface area contributed by atoms with Crippen LogP contribution in [0, 0.1) is 0 Å². The first-order chi connectivity index (χ1) is 13.5. The van der Waals surface area contributed by atoms with Crippen LogP contribution in [0.2, 0.25) is 0 Å². The van der Waals surface area contributed by atoms with Gasteiger partial charge in [-0.3, -0.25) is 9.59 Å². The van der Waals surface area contributed by atoms with E-state index in [1.54, 1.807) is 31.4 Å². The van der Waals surface area contributed by atoms with E-state index in [4.69, 9.17) is 9.47 Å². The Morgan fingerprint density at radius 3 is 2.36 bits per heavy atom. The van der Waals surface area contributed by atoms with E-state index in [0.717, 1.165) is 11.3 Å². The van der Waals surface area contributed by atoms with E-state index in [1.165, 1.54) is 4.90 Å². The molecule has 0 saturated carbocycles. The molecule has 6 heteroatoms. The molecular formula is C22H29N2O4+. The van der Waals surface area contributed by atoms with Crippen LogP contribution in [0.3, 0.4) is 0 Å². The monoisotopic (exact) mass is 385 g/mol. The number of benzene rings is 2. The number of nitrogens with one attached hydrogen (secondary N) is 2. The van der Waals surface area contributed by atoms with Crippen molar-refractivity contribution in [1.82, 2.24) is 5.32 Å². The van der Waals surface area contributed by atoms with Crippen molar-refractivity contribution in [2.75, 3.05) is 34.4 Å². The summed E-state index contributed by atoms with van der Waals surface area (Å²) in [5, 5.41) is 2.93. The van der Waals surface area contributed by atoms with Gasteiger partial charge in [-0.25, -0.2) is 0 Å². The molecule has 1 amide bonds. The molecule has 0 saturated heterocycles. The highest BCUT2D eigenvalue weighted by Gasteiger charge is 2.22. The molecule has 2 aromatic rings. The summed E-state index contributed by atoms with van der Waals surface area (Å²) in [5.41, 5.74) is 1.69. The topological polar surface area (TPSA) is 69.1 Å². The number of likely N-dealkylation sites (N-methyl/N-ethyl adjacent to an activating group) is 1. The van der Waals surface area contributed by atoms with Gasteiger partial charge in [-0.05, 0) is 36.4 Å². The van der Waals surface area contributed by atoms with E-state index in [2.05, 4.69) is 5.32 Å². The van der Waals surface area contributed by atoms with Crippen molar-refractivity contribution in [3.05, 3.63) is 59.7 Å². The quantitative estimate of drug-likeness (QED) is 0.611. The van der Waals surface area contributed by atoms with E-state index in [1.807, 2.05) is 45.3 Å². The van der Waals surface area contributed by atoms with Gasteiger partial charge in [0.2, 0.25) is 0 Å². The third-order valence-electron chi connectivity index (χ3n) is 4.58. The Morgan fingerprint density at radius 1 is 1.07 bits per heavy atom. The van der Waals surface area contributed by atoms with Gasteiger partial charge in [0, 0.05) is 12.0 Å². The molecule has 0 fully saturated rings. The standard InChI is InChI=1S/C22H28N2O4/c1-5-20(25)16-10-12-17(13-11-16)28-15-22(26)23-14-19(24(2)3)18-8-6-7-9-21(18)27-4/h6-13,19H,5,14-15H2,1-4H3,(H,23,26)/p+1/t19-/m0/s1. The zero-order valence-corrected chi connectivity index (χ0v) is 17.0. The summed E-state index contributed by atoms with van der Waals surface area (Å²) in [4.78, 5) is 25.0. The van der Waals surface area contributed by atoms with E-state index in [0.29, 0.717) is 24.3 Å². The predicted octanol–water partition coefficient (Wildman–Crippen LogP) is 1.67. The Hall–Kier alpha value is -2.86. The Bertz CT molecular complexity index is 787. The Morgan fingerprint density at radius 2 is 1.75 bits per heavy atom. The summed E-state index contributed by atoms with van der Waals surface area (Å²) < 4.78 is 11.0. The second-order valence-electron chi connectivity index (χ2n) is 6.77. The third-order valence-corrected chi connectivity index (χ3v) is 4.58. The van der Waals surface area contributed by atoms with Crippen LogP contribution in [-0.4, -0.2) is 46.0 Å². The van der Waals surface area contributed by atoms with Gasteiger partial charge in [0.05, 0.1) is 33.3 Å². The second-order valence-corrected chi connectivity index (χ2v) is 6.77. The molecule has 2 aromatic carbocycles. The average molecular weight is 385 g/mol. The maximum atomic E-state index is 12.2. The minimum atomic E-state index is -0.199. The molecule has 0 bridgehead atoms. The van der Waals surface area contributed by atoms with Crippen LogP contribution in [-0.2, 0) is 4.79 Å². The second kappa shape index (κ2) is 10.5. The SMILES string of the molecule is CCC(=O)c1ccc(OCC(=O)NC[C@@H](c2ccccc2OC)[NH+](C)C)cc1. The van der Waals surface area contributed by atoms with Crippen molar-refractivity contribution in [2.45, 2.75) is 19.4 Å². The highest BCUT2D eigenvalue weighted by molar-refractivity contribution is 5.95. The van der Waals surface area contributed by atoms with Gasteiger partial charge in [-0.2, -0.15) is 0 Å². The molecule has 28 heavy (non-hydrogen) atoms. The Balaban J connectivity index is 1.90. The highest BCUT2D eigenvalue weighted by Crippen LogP contribution is 2.22. The number of rotatable bonds is 10. The molecule has 0 unspecified atom stereocenters. The first-order valence-corrected chi connectivity index (χ1v) is 9.42. The first-order valence-electron chi connectivity index (χ1n) is 9.42. The van der Waals surface area contributed by atoms with Gasteiger partial charge in [0.25, 0.3) is 5.91 Å². The zero-order valence-electron chi connectivity index (χ0n) is 17.0. The van der Waals surface area contributed by atoms with Crippen LogP contribution in [0.5, 0.6) is 11.5 Å². The average Bonchev–Trinajstić information content (AvgIpc) is 2.72. The lowest BCUT2D eigenvalue weighted by Crippen LogP contribution is -3.07. The van der Waals surface area contributed by atoms with E-state index >= 15 is 0 Å². The molecule has 2 N–H and O–H groups in total. The fraction of sp³-hybridized carbons (Fsp3) is 0.364. The zero-order chi connectivity index (χ0) is 20.5. The molecule has 0 radical (unpaired) electrons. The van der Waals surface area contributed by atoms with Gasteiger partial charge in [-0.15, -0.1) is 0 Å². The maximum absolute atomic E-state index is 12.2. The molecule has 150 valence electrons. The highest BCUT2D eigenvalue weighted by atomic mass is 16.5. The Labute approximate surface area is 166 Å². The van der Waals surface area contributed by atoms with Gasteiger partial charge in [-0.1, -0.05) is 19.1 Å². The smallest absolute Gasteiger partial charge is 0.258 e. The van der Waals surface area contributed by atoms with Gasteiger partial charge in [0.1, 0.15) is 17.5 Å². The number of Topliss-reactive ketones (excluding diaryl/α,β-unsaturated/α-hetero) is 1. The van der Waals surface area contributed by atoms with Crippen LogP contribution in [0.15, 0.2) is 48.5 Å². The molecule has 0 heterocycles. The summed E-state index contributed by atoms with van der Waals surface area (Å²) in [6, 6.07) is 14.7. The molecular weight excluding hydrogens is 356 g/mol. The number of hydrogen-bond donors (Lipinski definition) is 2. The van der Waals surface area contributed by atoms with E-state index in [-0.39, 0.29) is 24.3 Å². The molecule has 0 spiro atoms. The van der Waals surface area contributed by atoms with Crippen LogP contribution >= 0.6 is 0 Å². The lowest BCUT2D eigenvalue weighted by Gasteiger charge is -2.23. The maximum Gasteiger partial charge on any atom is 0.258 e. The van der Waals surface area contributed by atoms with Crippen molar-refractivity contribution in [3.63, 3.8) is 0 Å². The van der Waals surface area contributed by atoms with Crippen molar-refractivity contribution in [2.24, 2.45) is 0 Å². The number of carbonyl (C=O) groups is 2. The number of carbonyl (C=O) groups excluding carboxylic acids is 2. The van der Waals surface area contributed by atoms with E-state index in [9.17, 15) is 9.59 Å². The lowest BCUT2D eigenvalue weighted by atomic mass is 10.0. The number of quaternary nitrogens is 1. The number of ketones is 1. The fourth-order valence-corrected chi connectivity index (χ4v) is 2.94.